The van der Waals surface area contributed by atoms with Crippen molar-refractivity contribution in [3.8, 4) is 0 Å². The molecule has 1 N–H and O–H groups in total. The van der Waals surface area contributed by atoms with Gasteiger partial charge in [0.15, 0.2) is 0 Å². The smallest absolute Gasteiger partial charge is 0.306 e. The molecule has 0 amide bonds. The predicted octanol–water partition coefficient (Wildman–Crippen LogP) is 2.02. The van der Waals surface area contributed by atoms with Gasteiger partial charge in [0.1, 0.15) is 11.2 Å². The summed E-state index contributed by atoms with van der Waals surface area (Å²) in [6.07, 6.45) is 5.07. The molecule has 0 aromatic heterocycles. The molecule has 1 saturated carbocycles. The molecule has 0 bridgehead atoms. The van der Waals surface area contributed by atoms with Crippen LogP contribution in [0.3, 0.4) is 0 Å². The second kappa shape index (κ2) is 3.48. The molecule has 0 unspecified atom stereocenters. The average Bonchev–Trinajstić information content (AvgIpc) is 2.52. The molecule has 1 saturated heterocycles. The number of hydrogen-bond acceptors (Lipinski definition) is 3. The third kappa shape index (κ3) is 1.57. The standard InChI is InChI=1S/C12H20O3/c1-9-5-3-4-7-11(2,14)12(9)8-6-10(13)15-12/h9,14H,3-8H2,1-2H3/t9-,11-,12+/m1/s1. The van der Waals surface area contributed by atoms with Gasteiger partial charge in [-0.15, -0.1) is 0 Å². The van der Waals surface area contributed by atoms with Crippen LogP contribution in [0.2, 0.25) is 0 Å². The van der Waals surface area contributed by atoms with Crippen LogP contribution in [-0.2, 0) is 9.53 Å². The van der Waals surface area contributed by atoms with Crippen molar-refractivity contribution in [2.24, 2.45) is 5.92 Å². The number of carbonyl (C=O) groups excluding carboxylic acids is 1. The highest BCUT2D eigenvalue weighted by Crippen LogP contribution is 2.48. The molecule has 2 fully saturated rings. The van der Waals surface area contributed by atoms with E-state index in [4.69, 9.17) is 4.74 Å². The third-order valence-corrected chi connectivity index (χ3v) is 4.25. The summed E-state index contributed by atoms with van der Waals surface area (Å²) in [5, 5.41) is 10.5. The summed E-state index contributed by atoms with van der Waals surface area (Å²) in [7, 11) is 0. The first-order chi connectivity index (χ1) is 6.98. The van der Waals surface area contributed by atoms with E-state index in [0.717, 1.165) is 25.7 Å². The summed E-state index contributed by atoms with van der Waals surface area (Å²) in [5.74, 6) is 0.116. The molecular weight excluding hydrogens is 192 g/mol. The van der Waals surface area contributed by atoms with Crippen LogP contribution in [0.1, 0.15) is 52.4 Å². The van der Waals surface area contributed by atoms with Gasteiger partial charge in [-0.05, 0) is 25.7 Å². The fourth-order valence-electron chi connectivity index (χ4n) is 3.21. The van der Waals surface area contributed by atoms with E-state index in [1.54, 1.807) is 0 Å². The predicted molar refractivity (Wildman–Crippen MR) is 56.3 cm³/mol. The molecule has 1 aliphatic carbocycles. The maximum Gasteiger partial charge on any atom is 0.306 e. The molecule has 0 aromatic rings. The quantitative estimate of drug-likeness (QED) is 0.625. The van der Waals surface area contributed by atoms with Crippen LogP contribution in [0.15, 0.2) is 0 Å². The summed E-state index contributed by atoms with van der Waals surface area (Å²) in [6, 6.07) is 0. The Kier molecular flexibility index (Phi) is 2.53. The van der Waals surface area contributed by atoms with Crippen molar-refractivity contribution < 1.29 is 14.6 Å². The van der Waals surface area contributed by atoms with Crippen LogP contribution in [0.4, 0.5) is 0 Å². The first-order valence-corrected chi connectivity index (χ1v) is 5.92. The number of hydrogen-bond donors (Lipinski definition) is 1. The van der Waals surface area contributed by atoms with Gasteiger partial charge in [0.2, 0.25) is 0 Å². The van der Waals surface area contributed by atoms with Gasteiger partial charge in [-0.3, -0.25) is 4.79 Å². The van der Waals surface area contributed by atoms with Gasteiger partial charge in [0, 0.05) is 12.8 Å². The van der Waals surface area contributed by atoms with Crippen molar-refractivity contribution in [3.05, 3.63) is 0 Å². The number of ether oxygens (including phenoxy) is 1. The Morgan fingerprint density at radius 1 is 1.40 bits per heavy atom. The molecule has 1 aliphatic heterocycles. The van der Waals surface area contributed by atoms with Gasteiger partial charge in [-0.25, -0.2) is 0 Å². The van der Waals surface area contributed by atoms with Gasteiger partial charge in [0.25, 0.3) is 0 Å². The molecule has 2 aliphatic rings. The molecule has 3 nitrogen and oxygen atoms in total. The average molecular weight is 212 g/mol. The van der Waals surface area contributed by atoms with Crippen LogP contribution in [-0.4, -0.2) is 22.3 Å². The maximum atomic E-state index is 11.3. The van der Waals surface area contributed by atoms with Gasteiger partial charge in [-0.2, -0.15) is 0 Å². The zero-order valence-electron chi connectivity index (χ0n) is 9.58. The number of carbonyl (C=O) groups is 1. The van der Waals surface area contributed by atoms with Gasteiger partial charge in [-0.1, -0.05) is 19.8 Å². The van der Waals surface area contributed by atoms with Gasteiger partial charge >= 0.3 is 5.97 Å². The van der Waals surface area contributed by atoms with E-state index in [1.165, 1.54) is 0 Å². The molecule has 86 valence electrons. The van der Waals surface area contributed by atoms with E-state index >= 15 is 0 Å². The summed E-state index contributed by atoms with van der Waals surface area (Å²) >= 11 is 0. The Morgan fingerprint density at radius 2 is 2.13 bits per heavy atom. The second-order valence-corrected chi connectivity index (χ2v) is 5.28. The summed E-state index contributed by atoms with van der Waals surface area (Å²) in [6.45, 7) is 3.92. The van der Waals surface area contributed by atoms with Crippen molar-refractivity contribution in [1.82, 2.24) is 0 Å². The van der Waals surface area contributed by atoms with E-state index in [0.29, 0.717) is 12.8 Å². The molecule has 0 aromatic carbocycles. The van der Waals surface area contributed by atoms with Crippen LogP contribution >= 0.6 is 0 Å². The van der Waals surface area contributed by atoms with E-state index in [-0.39, 0.29) is 11.9 Å². The van der Waals surface area contributed by atoms with Gasteiger partial charge in [0.05, 0.1) is 0 Å². The number of rotatable bonds is 0. The summed E-state index contributed by atoms with van der Waals surface area (Å²) in [5.41, 5.74) is -1.46. The lowest BCUT2D eigenvalue weighted by Gasteiger charge is -2.43. The Hall–Kier alpha value is -0.570. The number of esters is 1. The van der Waals surface area contributed by atoms with E-state index in [2.05, 4.69) is 6.92 Å². The largest absolute Gasteiger partial charge is 0.456 e. The Labute approximate surface area is 90.8 Å². The molecule has 2 rings (SSSR count). The first kappa shape index (κ1) is 10.9. The van der Waals surface area contributed by atoms with Crippen molar-refractivity contribution in [3.63, 3.8) is 0 Å². The number of aliphatic hydroxyl groups is 1. The van der Waals surface area contributed by atoms with Crippen molar-refractivity contribution in [1.29, 1.82) is 0 Å². The fourth-order valence-corrected chi connectivity index (χ4v) is 3.21. The van der Waals surface area contributed by atoms with E-state index in [9.17, 15) is 9.90 Å². The third-order valence-electron chi connectivity index (χ3n) is 4.25. The first-order valence-electron chi connectivity index (χ1n) is 5.92. The summed E-state index contributed by atoms with van der Waals surface area (Å²) in [4.78, 5) is 11.3. The Bertz CT molecular complexity index is 272. The highest BCUT2D eigenvalue weighted by atomic mass is 16.6. The fraction of sp³-hybridized carbons (Fsp3) is 0.917. The molecule has 1 spiro atoms. The minimum Gasteiger partial charge on any atom is -0.456 e. The molecule has 15 heavy (non-hydrogen) atoms. The van der Waals surface area contributed by atoms with E-state index < -0.39 is 11.2 Å². The Balaban J connectivity index is 2.34. The zero-order chi connectivity index (χ0) is 11.1. The van der Waals surface area contributed by atoms with Crippen LogP contribution in [0.25, 0.3) is 0 Å². The molecule has 1 heterocycles. The van der Waals surface area contributed by atoms with Crippen molar-refractivity contribution in [2.75, 3.05) is 0 Å². The minimum atomic E-state index is -0.852. The van der Waals surface area contributed by atoms with Crippen LogP contribution in [0.5, 0.6) is 0 Å². The molecule has 0 radical (unpaired) electrons. The maximum absolute atomic E-state index is 11.3. The highest BCUT2D eigenvalue weighted by Gasteiger charge is 2.57. The highest BCUT2D eigenvalue weighted by molar-refractivity contribution is 5.72. The van der Waals surface area contributed by atoms with Crippen molar-refractivity contribution >= 4 is 5.97 Å². The second-order valence-electron chi connectivity index (χ2n) is 5.28. The van der Waals surface area contributed by atoms with Gasteiger partial charge < -0.3 is 9.84 Å². The van der Waals surface area contributed by atoms with Crippen LogP contribution < -0.4 is 0 Å². The molecule has 3 heteroatoms. The zero-order valence-corrected chi connectivity index (χ0v) is 9.58. The minimum absolute atomic E-state index is 0.149. The lowest BCUT2D eigenvalue weighted by atomic mass is 9.72. The SMILES string of the molecule is C[C@@H]1CCCC[C@@](C)(O)[C@]12CCC(=O)O2. The molecular formula is C12H20O3. The van der Waals surface area contributed by atoms with Crippen molar-refractivity contribution in [2.45, 2.75) is 63.6 Å². The lowest BCUT2D eigenvalue weighted by molar-refractivity contribution is -0.189. The lowest BCUT2D eigenvalue weighted by Crippen LogP contribution is -2.55. The topological polar surface area (TPSA) is 46.5 Å². The monoisotopic (exact) mass is 212 g/mol. The van der Waals surface area contributed by atoms with E-state index in [1.807, 2.05) is 6.92 Å². The van der Waals surface area contributed by atoms with Crippen LogP contribution in [0, 0.1) is 5.92 Å². The normalized spacial score (nSPS) is 46.6. The summed E-state index contributed by atoms with van der Waals surface area (Å²) < 4.78 is 5.51. The Morgan fingerprint density at radius 3 is 2.73 bits per heavy atom. The molecule has 3 atom stereocenters.